The summed E-state index contributed by atoms with van der Waals surface area (Å²) < 4.78 is 11.0. The van der Waals surface area contributed by atoms with Gasteiger partial charge in [0.25, 0.3) is 0 Å². The van der Waals surface area contributed by atoms with Crippen molar-refractivity contribution in [2.24, 2.45) is 5.92 Å². The lowest BCUT2D eigenvalue weighted by atomic mass is 9.93. The fourth-order valence-corrected chi connectivity index (χ4v) is 5.83. The second-order valence-corrected chi connectivity index (χ2v) is 11.3. The maximum atomic E-state index is 11.7. The largest absolute Gasteiger partial charge is 0.469 e. The number of anilines is 1. The van der Waals surface area contributed by atoms with Gasteiger partial charge in [0.1, 0.15) is 0 Å². The highest BCUT2D eigenvalue weighted by Gasteiger charge is 2.24. The highest BCUT2D eigenvalue weighted by molar-refractivity contribution is 6.35. The Labute approximate surface area is 269 Å². The van der Waals surface area contributed by atoms with Gasteiger partial charge in [-0.3, -0.25) is 9.69 Å². The maximum Gasteiger partial charge on any atom is 0.305 e. The van der Waals surface area contributed by atoms with E-state index in [0.717, 1.165) is 63.1 Å². The summed E-state index contributed by atoms with van der Waals surface area (Å²) in [4.78, 5) is 30.1. The number of piperidine rings is 1. The zero-order valence-electron chi connectivity index (χ0n) is 23.6. The van der Waals surface area contributed by atoms with Crippen molar-refractivity contribution in [2.45, 2.75) is 38.3 Å². The average Bonchev–Trinajstić information content (AvgIpc) is 3.43. The highest BCUT2D eigenvalue weighted by atomic mass is 35.5. The molecule has 1 N–H and O–H groups in total. The van der Waals surface area contributed by atoms with Crippen LogP contribution in [0.4, 0.5) is 5.95 Å². The van der Waals surface area contributed by atoms with Crippen molar-refractivity contribution in [1.82, 2.24) is 25.2 Å². The molecule has 0 spiro atoms. The Hall–Kier alpha value is -2.40. The minimum Gasteiger partial charge on any atom is -0.469 e. The van der Waals surface area contributed by atoms with Gasteiger partial charge in [-0.05, 0) is 75.1 Å². The second kappa shape index (κ2) is 15.9. The van der Waals surface area contributed by atoms with Gasteiger partial charge in [0, 0.05) is 53.8 Å². The predicted octanol–water partition coefficient (Wildman–Crippen LogP) is 6.05. The van der Waals surface area contributed by atoms with Crippen molar-refractivity contribution in [3.63, 3.8) is 0 Å². The van der Waals surface area contributed by atoms with E-state index in [1.807, 2.05) is 31.3 Å². The van der Waals surface area contributed by atoms with Crippen LogP contribution in [0, 0.1) is 5.92 Å². The first-order chi connectivity index (χ1) is 19.4. The molecule has 4 heterocycles. The molecule has 0 aliphatic carbocycles. The molecule has 1 unspecified atom stereocenters. The summed E-state index contributed by atoms with van der Waals surface area (Å²) in [5.41, 5.74) is 2.57. The van der Waals surface area contributed by atoms with E-state index in [0.29, 0.717) is 51.7 Å². The number of likely N-dealkylation sites (tertiary alicyclic amines) is 1. The van der Waals surface area contributed by atoms with Gasteiger partial charge in [-0.15, -0.1) is 24.8 Å². The number of nitrogens with one attached hydrogen (secondary N) is 1. The second-order valence-electron chi connectivity index (χ2n) is 10.4. The van der Waals surface area contributed by atoms with Crippen LogP contribution < -0.4 is 15.0 Å². The van der Waals surface area contributed by atoms with Gasteiger partial charge in [0.2, 0.25) is 11.8 Å². The van der Waals surface area contributed by atoms with Crippen LogP contribution in [0.2, 0.25) is 10.0 Å². The van der Waals surface area contributed by atoms with Crippen LogP contribution in [0.3, 0.4) is 0 Å². The van der Waals surface area contributed by atoms with E-state index in [9.17, 15) is 4.79 Å². The molecule has 2 fully saturated rings. The summed E-state index contributed by atoms with van der Waals surface area (Å²) >= 11 is 12.6. The summed E-state index contributed by atoms with van der Waals surface area (Å²) in [5, 5.41) is 4.39. The molecule has 0 saturated carbocycles. The fourth-order valence-electron chi connectivity index (χ4n) is 5.30. The molecule has 228 valence electrons. The normalized spacial score (nSPS) is 17.3. The smallest absolute Gasteiger partial charge is 0.305 e. The molecule has 0 bridgehead atoms. The van der Waals surface area contributed by atoms with E-state index < -0.39 is 0 Å². The number of halogens is 4. The number of nitrogens with zero attached hydrogens (tertiary/aromatic N) is 5. The number of aromatic nitrogens is 3. The van der Waals surface area contributed by atoms with E-state index in [1.54, 1.807) is 18.5 Å². The van der Waals surface area contributed by atoms with Crippen LogP contribution in [0.15, 0.2) is 42.7 Å². The van der Waals surface area contributed by atoms with Crippen LogP contribution in [0.1, 0.15) is 31.2 Å². The maximum absolute atomic E-state index is 11.7. The summed E-state index contributed by atoms with van der Waals surface area (Å²) in [6, 6.07) is 9.82. The van der Waals surface area contributed by atoms with Gasteiger partial charge in [-0.25, -0.2) is 15.0 Å². The first kappa shape index (κ1) is 34.1. The Kier molecular flexibility index (Phi) is 12.9. The third kappa shape index (κ3) is 9.05. The lowest BCUT2D eigenvalue weighted by molar-refractivity contribution is -0.142. The van der Waals surface area contributed by atoms with E-state index in [-0.39, 0.29) is 30.8 Å². The predicted molar refractivity (Wildman–Crippen MR) is 171 cm³/mol. The van der Waals surface area contributed by atoms with Crippen molar-refractivity contribution in [2.75, 3.05) is 45.2 Å². The molecule has 0 amide bonds. The van der Waals surface area contributed by atoms with Gasteiger partial charge in [-0.2, -0.15) is 0 Å². The number of methoxy groups -OCH3 is 1. The quantitative estimate of drug-likeness (QED) is 0.276. The lowest BCUT2D eigenvalue weighted by Crippen LogP contribution is -2.34. The fraction of sp³-hybridized carbons (Fsp3) is 0.448. The minimum absolute atomic E-state index is 0. The molecule has 2 aliphatic heterocycles. The molecule has 3 aromatic rings. The molecular formula is C29H36Cl4N6O3. The Morgan fingerprint density at radius 2 is 1.69 bits per heavy atom. The number of carbonyl (C=O) groups excluding carboxylic acids is 1. The lowest BCUT2D eigenvalue weighted by Gasteiger charge is -2.31. The molecule has 0 radical (unpaired) electrons. The summed E-state index contributed by atoms with van der Waals surface area (Å²) in [5.74, 6) is 1.86. The monoisotopic (exact) mass is 656 g/mol. The number of esters is 1. The summed E-state index contributed by atoms with van der Waals surface area (Å²) in [7, 11) is 3.42. The van der Waals surface area contributed by atoms with Crippen molar-refractivity contribution in [1.29, 1.82) is 0 Å². The molecule has 42 heavy (non-hydrogen) atoms. The first-order valence-corrected chi connectivity index (χ1v) is 14.3. The van der Waals surface area contributed by atoms with E-state index in [1.165, 1.54) is 7.11 Å². The number of carbonyl (C=O) groups is 1. The molecule has 5 rings (SSSR count). The van der Waals surface area contributed by atoms with E-state index >= 15 is 0 Å². The number of pyridine rings is 1. The Balaban J connectivity index is 0.00000242. The van der Waals surface area contributed by atoms with E-state index in [2.05, 4.69) is 25.1 Å². The molecule has 1 atom stereocenters. The van der Waals surface area contributed by atoms with Crippen molar-refractivity contribution in [3.8, 4) is 22.9 Å². The SMILES string of the molecule is CNC1CCN(c2ncc(Oc3cc(CN4CCC(CC(=O)OC)CC4)cc(-c4cc(Cl)cc(Cl)c4)n3)cn2)C1.Cl.Cl. The number of ether oxygens (including phenoxy) is 2. The van der Waals surface area contributed by atoms with E-state index in [4.69, 9.17) is 37.7 Å². The molecule has 13 heteroatoms. The molecule has 2 aromatic heterocycles. The van der Waals surface area contributed by atoms with Gasteiger partial charge in [0.15, 0.2) is 5.75 Å². The molecule has 9 nitrogen and oxygen atoms in total. The highest BCUT2D eigenvalue weighted by Crippen LogP contribution is 2.31. The molecule has 2 saturated heterocycles. The number of likely N-dealkylation sites (N-methyl/N-ethyl adjacent to an activating group) is 1. The number of benzene rings is 1. The standard InChI is InChI=1S/C29H34Cl2N6O3.2ClH/c1-32-24-5-8-37(18-24)29-33-15-25(16-34-29)40-27-10-20(9-26(35-27)21-12-22(30)14-23(31)13-21)17-36-6-3-19(4-7-36)11-28(38)39-2;;/h9-10,12-16,19,24,32H,3-8,11,17-18H2,1-2H3;2*1H. The van der Waals surface area contributed by atoms with Crippen LogP contribution >= 0.6 is 48.0 Å². The Morgan fingerprint density at radius 3 is 2.31 bits per heavy atom. The minimum atomic E-state index is -0.140. The van der Waals surface area contributed by atoms with Gasteiger partial charge in [-0.1, -0.05) is 23.2 Å². The topological polar surface area (TPSA) is 92.7 Å². The molecule has 2 aliphatic rings. The number of rotatable bonds is 9. The van der Waals surface area contributed by atoms with Crippen LogP contribution in [-0.4, -0.2) is 72.2 Å². The third-order valence-electron chi connectivity index (χ3n) is 7.53. The average molecular weight is 658 g/mol. The van der Waals surface area contributed by atoms with Gasteiger partial charge in [0.05, 0.1) is 25.2 Å². The van der Waals surface area contributed by atoms with Crippen LogP contribution in [0.25, 0.3) is 11.3 Å². The van der Waals surface area contributed by atoms with Gasteiger partial charge >= 0.3 is 5.97 Å². The van der Waals surface area contributed by atoms with Crippen molar-refractivity contribution < 1.29 is 14.3 Å². The molecular weight excluding hydrogens is 622 g/mol. The third-order valence-corrected chi connectivity index (χ3v) is 7.97. The number of hydrogen-bond acceptors (Lipinski definition) is 9. The Bertz CT molecular complexity index is 1300. The summed E-state index contributed by atoms with van der Waals surface area (Å²) in [6.45, 7) is 4.33. The first-order valence-electron chi connectivity index (χ1n) is 13.6. The van der Waals surface area contributed by atoms with Gasteiger partial charge < -0.3 is 19.7 Å². The number of hydrogen-bond donors (Lipinski definition) is 1. The van der Waals surface area contributed by atoms with Crippen LogP contribution in [-0.2, 0) is 16.1 Å². The van der Waals surface area contributed by atoms with Crippen LogP contribution in [0.5, 0.6) is 11.6 Å². The van der Waals surface area contributed by atoms with Crippen molar-refractivity contribution >= 4 is 59.9 Å². The zero-order chi connectivity index (χ0) is 28.1. The zero-order valence-corrected chi connectivity index (χ0v) is 26.7. The Morgan fingerprint density at radius 1 is 1.00 bits per heavy atom. The van der Waals surface area contributed by atoms with Crippen molar-refractivity contribution in [3.05, 3.63) is 58.3 Å². The molecule has 1 aromatic carbocycles. The summed E-state index contributed by atoms with van der Waals surface area (Å²) in [6.07, 6.45) is 6.82.